The predicted octanol–water partition coefficient (Wildman–Crippen LogP) is 0.592. The number of benzene rings is 1. The highest BCUT2D eigenvalue weighted by Crippen LogP contribution is 2.26. The van der Waals surface area contributed by atoms with Gasteiger partial charge in [-0.15, -0.1) is 0 Å². The largest absolute Gasteiger partial charge is 0.395 e. The summed E-state index contributed by atoms with van der Waals surface area (Å²) in [5, 5.41) is 3.39. The molecule has 1 aromatic carbocycles. The van der Waals surface area contributed by atoms with E-state index >= 15 is 0 Å². The van der Waals surface area contributed by atoms with E-state index in [9.17, 15) is 0 Å². The normalized spacial score (nSPS) is 25.5. The molecular weight excluding hydrogens is 290 g/mol. The fraction of sp³-hybridized carbons (Fsp3) is 0.471. The first-order valence-corrected chi connectivity index (χ1v) is 7.98. The second-order valence-corrected chi connectivity index (χ2v) is 6.26. The van der Waals surface area contributed by atoms with Crippen LogP contribution < -0.4 is 16.8 Å². The second-order valence-electron chi connectivity index (χ2n) is 6.26. The maximum Gasteiger partial charge on any atom is 0.193 e. The Morgan fingerprint density at radius 3 is 2.70 bits per heavy atom. The average Bonchev–Trinajstić information content (AvgIpc) is 2.55. The van der Waals surface area contributed by atoms with Gasteiger partial charge in [0.05, 0.1) is 18.9 Å². The van der Waals surface area contributed by atoms with Crippen LogP contribution in [0, 0.1) is 13.8 Å². The Balaban J connectivity index is 1.97. The van der Waals surface area contributed by atoms with Crippen molar-refractivity contribution in [2.75, 3.05) is 26.3 Å². The molecule has 0 radical (unpaired) electrons. The van der Waals surface area contributed by atoms with E-state index in [1.165, 1.54) is 16.7 Å². The summed E-state index contributed by atoms with van der Waals surface area (Å²) < 4.78 is 5.49. The molecule has 0 saturated carbocycles. The number of aliphatic imine (C=N–C) groups is 1. The molecule has 1 atom stereocenters. The van der Waals surface area contributed by atoms with Crippen LogP contribution in [0.2, 0.25) is 0 Å². The summed E-state index contributed by atoms with van der Waals surface area (Å²) in [4.78, 5) is 7.03. The zero-order valence-corrected chi connectivity index (χ0v) is 13.8. The van der Waals surface area contributed by atoms with Crippen LogP contribution in [0.3, 0.4) is 0 Å². The van der Waals surface area contributed by atoms with Crippen LogP contribution in [-0.4, -0.2) is 42.8 Å². The average molecular weight is 315 g/mol. The first-order valence-electron chi connectivity index (χ1n) is 7.98. The van der Waals surface area contributed by atoms with Crippen LogP contribution in [0.25, 0.3) is 0 Å². The molecule has 2 aliphatic heterocycles. The van der Waals surface area contributed by atoms with Crippen molar-refractivity contribution in [2.45, 2.75) is 26.1 Å². The Kier molecular flexibility index (Phi) is 4.28. The van der Waals surface area contributed by atoms with Gasteiger partial charge in [-0.2, -0.15) is 0 Å². The molecule has 0 amide bonds. The van der Waals surface area contributed by atoms with Gasteiger partial charge in [-0.25, -0.2) is 4.99 Å². The first kappa shape index (κ1) is 15.8. The Morgan fingerprint density at radius 1 is 1.26 bits per heavy atom. The van der Waals surface area contributed by atoms with Gasteiger partial charge in [0.25, 0.3) is 0 Å². The SMILES string of the molecule is Cc1ccc(C)c(CC2(N3CCOCC3)N=C(N)C(N)=CN2)c1. The zero-order chi connectivity index (χ0) is 16.4. The minimum Gasteiger partial charge on any atom is -0.395 e. The lowest BCUT2D eigenvalue weighted by Gasteiger charge is -2.44. The molecule has 23 heavy (non-hydrogen) atoms. The maximum absolute atomic E-state index is 6.04. The van der Waals surface area contributed by atoms with Gasteiger partial charge in [-0.1, -0.05) is 23.8 Å². The van der Waals surface area contributed by atoms with Crippen molar-refractivity contribution in [3.05, 3.63) is 46.8 Å². The van der Waals surface area contributed by atoms with Crippen molar-refractivity contribution < 1.29 is 4.74 Å². The molecule has 6 heteroatoms. The number of rotatable bonds is 3. The van der Waals surface area contributed by atoms with Crippen LogP contribution in [-0.2, 0) is 11.2 Å². The Morgan fingerprint density at radius 2 is 2.00 bits per heavy atom. The minimum absolute atomic E-state index is 0.389. The van der Waals surface area contributed by atoms with Crippen molar-refractivity contribution in [3.8, 4) is 0 Å². The molecule has 6 nitrogen and oxygen atoms in total. The molecule has 0 aliphatic carbocycles. The van der Waals surface area contributed by atoms with E-state index < -0.39 is 5.79 Å². The van der Waals surface area contributed by atoms with E-state index in [0.29, 0.717) is 24.7 Å². The highest BCUT2D eigenvalue weighted by Gasteiger charge is 2.39. The lowest BCUT2D eigenvalue weighted by molar-refractivity contribution is -0.0291. The van der Waals surface area contributed by atoms with Crippen LogP contribution >= 0.6 is 0 Å². The van der Waals surface area contributed by atoms with Gasteiger partial charge in [0.2, 0.25) is 0 Å². The molecule has 1 saturated heterocycles. The molecule has 1 unspecified atom stereocenters. The zero-order valence-electron chi connectivity index (χ0n) is 13.8. The van der Waals surface area contributed by atoms with E-state index in [0.717, 1.165) is 19.5 Å². The number of amidine groups is 1. The molecule has 3 rings (SSSR count). The number of ether oxygens (including phenoxy) is 1. The van der Waals surface area contributed by atoms with E-state index in [1.54, 1.807) is 6.20 Å². The smallest absolute Gasteiger partial charge is 0.193 e. The number of nitrogens with one attached hydrogen (secondary N) is 1. The van der Waals surface area contributed by atoms with Gasteiger partial charge >= 0.3 is 0 Å². The Bertz CT molecular complexity index is 648. The van der Waals surface area contributed by atoms with E-state index in [2.05, 4.69) is 42.3 Å². The summed E-state index contributed by atoms with van der Waals surface area (Å²) in [5.74, 6) is -0.213. The van der Waals surface area contributed by atoms with Crippen LogP contribution in [0.1, 0.15) is 16.7 Å². The number of hydrogen-bond donors (Lipinski definition) is 3. The molecule has 1 fully saturated rings. The van der Waals surface area contributed by atoms with Crippen molar-refractivity contribution in [2.24, 2.45) is 16.5 Å². The van der Waals surface area contributed by atoms with E-state index in [1.807, 2.05) is 0 Å². The third-order valence-corrected chi connectivity index (χ3v) is 4.54. The van der Waals surface area contributed by atoms with Gasteiger partial charge in [0.15, 0.2) is 5.79 Å². The summed E-state index contributed by atoms with van der Waals surface area (Å²) in [5.41, 5.74) is 16.1. The maximum atomic E-state index is 6.04. The number of nitrogens with zero attached hydrogens (tertiary/aromatic N) is 2. The lowest BCUT2D eigenvalue weighted by Crippen LogP contribution is -2.63. The van der Waals surface area contributed by atoms with Gasteiger partial charge in [0.1, 0.15) is 5.84 Å². The Labute approximate surface area is 137 Å². The number of morpholine rings is 1. The standard InChI is InChI=1S/C17H25N5O/c1-12-3-4-13(2)14(9-12)10-17(22-5-7-23-8-6-22)20-11-15(18)16(19)21-17/h3-4,9,11,20H,5-8,10,18H2,1-2H3,(H2,19,21). The molecular formula is C17H25N5O. The van der Waals surface area contributed by atoms with Crippen molar-refractivity contribution >= 4 is 5.84 Å². The van der Waals surface area contributed by atoms with Gasteiger partial charge in [0, 0.05) is 25.7 Å². The highest BCUT2D eigenvalue weighted by atomic mass is 16.5. The molecule has 0 spiro atoms. The third-order valence-electron chi connectivity index (χ3n) is 4.54. The second kappa shape index (κ2) is 6.22. The minimum atomic E-state index is -0.602. The summed E-state index contributed by atoms with van der Waals surface area (Å²) in [6, 6.07) is 6.49. The number of nitrogens with two attached hydrogens (primary N) is 2. The topological polar surface area (TPSA) is 88.9 Å². The monoisotopic (exact) mass is 315 g/mol. The van der Waals surface area contributed by atoms with Crippen molar-refractivity contribution in [1.82, 2.24) is 10.2 Å². The number of hydrogen-bond acceptors (Lipinski definition) is 6. The fourth-order valence-electron chi connectivity index (χ4n) is 3.12. The quantitative estimate of drug-likeness (QED) is 0.760. The molecule has 5 N–H and O–H groups in total. The highest BCUT2D eigenvalue weighted by molar-refractivity contribution is 5.96. The van der Waals surface area contributed by atoms with Crippen LogP contribution in [0.4, 0.5) is 0 Å². The predicted molar refractivity (Wildman–Crippen MR) is 91.8 cm³/mol. The molecule has 1 aromatic rings. The van der Waals surface area contributed by atoms with E-state index in [4.69, 9.17) is 21.2 Å². The van der Waals surface area contributed by atoms with Crippen LogP contribution in [0.15, 0.2) is 35.1 Å². The van der Waals surface area contributed by atoms with Gasteiger partial charge in [-0.3, -0.25) is 4.90 Å². The van der Waals surface area contributed by atoms with Gasteiger partial charge in [-0.05, 0) is 25.0 Å². The lowest BCUT2D eigenvalue weighted by atomic mass is 9.97. The summed E-state index contributed by atoms with van der Waals surface area (Å²) >= 11 is 0. The fourth-order valence-corrected chi connectivity index (χ4v) is 3.12. The third kappa shape index (κ3) is 3.18. The molecule has 0 aromatic heterocycles. The van der Waals surface area contributed by atoms with Gasteiger partial charge < -0.3 is 21.5 Å². The van der Waals surface area contributed by atoms with Crippen LogP contribution in [0.5, 0.6) is 0 Å². The van der Waals surface area contributed by atoms with Crippen molar-refractivity contribution in [3.63, 3.8) is 0 Å². The molecule has 124 valence electrons. The Hall–Kier alpha value is -2.05. The molecule has 2 heterocycles. The molecule has 0 bridgehead atoms. The first-order chi connectivity index (χ1) is 11.0. The van der Waals surface area contributed by atoms with Crippen molar-refractivity contribution in [1.29, 1.82) is 0 Å². The summed E-state index contributed by atoms with van der Waals surface area (Å²) in [6.07, 6.45) is 2.49. The summed E-state index contributed by atoms with van der Waals surface area (Å²) in [7, 11) is 0. The van der Waals surface area contributed by atoms with E-state index in [-0.39, 0.29) is 0 Å². The summed E-state index contributed by atoms with van der Waals surface area (Å²) in [6.45, 7) is 7.25. The molecule has 2 aliphatic rings. The number of aryl methyl sites for hydroxylation is 2.